The fourth-order valence-corrected chi connectivity index (χ4v) is 3.52. The Bertz CT molecular complexity index is 1130. The molecule has 1 fully saturated rings. The zero-order valence-corrected chi connectivity index (χ0v) is 18.0. The number of urea groups is 1. The van der Waals surface area contributed by atoms with E-state index in [4.69, 9.17) is 16.3 Å². The highest BCUT2D eigenvalue weighted by molar-refractivity contribution is 9.10. The maximum atomic E-state index is 12.9. The van der Waals surface area contributed by atoms with Crippen molar-refractivity contribution < 1.29 is 14.3 Å². The fourth-order valence-electron chi connectivity index (χ4n) is 3.01. The molecule has 5 nitrogen and oxygen atoms in total. The molecule has 1 aliphatic heterocycles. The molecule has 7 heteroatoms. The lowest BCUT2D eigenvalue weighted by Crippen LogP contribution is -2.30. The Morgan fingerprint density at radius 1 is 1.00 bits per heavy atom. The van der Waals surface area contributed by atoms with Crippen LogP contribution in [0.15, 0.2) is 83.0 Å². The van der Waals surface area contributed by atoms with Crippen molar-refractivity contribution in [2.75, 3.05) is 4.90 Å². The second-order valence-electron chi connectivity index (χ2n) is 6.56. The molecule has 0 atom stereocenters. The first-order valence-corrected chi connectivity index (χ1v) is 10.3. The Balaban J connectivity index is 1.61. The number of amides is 3. The zero-order valence-electron chi connectivity index (χ0n) is 15.6. The summed E-state index contributed by atoms with van der Waals surface area (Å²) in [6, 6.07) is 21.3. The van der Waals surface area contributed by atoms with Crippen LogP contribution in [0.4, 0.5) is 10.5 Å². The SMILES string of the molecule is O=C1N/C(=C/c2cc(Br)ccc2OCc2ccccc2)C(=O)N1c1ccc(Cl)cc1. The van der Waals surface area contributed by atoms with Gasteiger partial charge in [0.2, 0.25) is 0 Å². The first-order valence-electron chi connectivity index (χ1n) is 9.10. The number of imide groups is 1. The van der Waals surface area contributed by atoms with Crippen LogP contribution in [0.3, 0.4) is 0 Å². The van der Waals surface area contributed by atoms with Crippen LogP contribution in [-0.2, 0) is 11.4 Å². The molecule has 0 bridgehead atoms. The Morgan fingerprint density at radius 2 is 1.73 bits per heavy atom. The number of hydrogen-bond donors (Lipinski definition) is 1. The van der Waals surface area contributed by atoms with Crippen molar-refractivity contribution in [2.45, 2.75) is 6.61 Å². The van der Waals surface area contributed by atoms with Gasteiger partial charge in [-0.25, -0.2) is 9.69 Å². The molecule has 3 amide bonds. The summed E-state index contributed by atoms with van der Waals surface area (Å²) in [5.74, 6) is 0.151. The summed E-state index contributed by atoms with van der Waals surface area (Å²) in [6.07, 6.45) is 1.61. The van der Waals surface area contributed by atoms with Crippen LogP contribution < -0.4 is 15.0 Å². The number of rotatable bonds is 5. The topological polar surface area (TPSA) is 58.6 Å². The number of ether oxygens (including phenoxy) is 1. The Kier molecular flexibility index (Phi) is 5.88. The molecule has 1 heterocycles. The van der Waals surface area contributed by atoms with Gasteiger partial charge in [0.15, 0.2) is 0 Å². The molecule has 150 valence electrons. The number of nitrogens with zero attached hydrogens (tertiary/aromatic N) is 1. The van der Waals surface area contributed by atoms with Crippen molar-refractivity contribution in [1.29, 1.82) is 0 Å². The van der Waals surface area contributed by atoms with Gasteiger partial charge in [-0.15, -0.1) is 0 Å². The summed E-state index contributed by atoms with van der Waals surface area (Å²) in [5.41, 5.74) is 2.30. The van der Waals surface area contributed by atoms with Crippen LogP contribution in [-0.4, -0.2) is 11.9 Å². The third-order valence-corrected chi connectivity index (χ3v) is 5.22. The standard InChI is InChI=1S/C23H16BrClN2O3/c24-17-6-11-21(30-14-15-4-2-1-3-5-15)16(12-17)13-20-22(28)27(23(29)26-20)19-9-7-18(25)8-10-19/h1-13H,14H2,(H,26,29)/b20-13+. The number of nitrogens with one attached hydrogen (secondary N) is 1. The zero-order chi connectivity index (χ0) is 21.1. The summed E-state index contributed by atoms with van der Waals surface area (Å²) in [7, 11) is 0. The molecule has 1 N–H and O–H groups in total. The lowest BCUT2D eigenvalue weighted by molar-refractivity contribution is -0.113. The Morgan fingerprint density at radius 3 is 2.47 bits per heavy atom. The summed E-state index contributed by atoms with van der Waals surface area (Å²) in [4.78, 5) is 26.4. The van der Waals surface area contributed by atoms with E-state index in [1.807, 2.05) is 48.5 Å². The molecule has 1 saturated heterocycles. The molecule has 0 aromatic heterocycles. The first-order chi connectivity index (χ1) is 14.5. The van der Waals surface area contributed by atoms with Gasteiger partial charge in [-0.05, 0) is 54.1 Å². The van der Waals surface area contributed by atoms with Gasteiger partial charge in [0.1, 0.15) is 18.1 Å². The van der Waals surface area contributed by atoms with Crippen molar-refractivity contribution >= 4 is 51.2 Å². The van der Waals surface area contributed by atoms with Gasteiger partial charge in [0.25, 0.3) is 5.91 Å². The molecule has 0 radical (unpaired) electrons. The predicted molar refractivity (Wildman–Crippen MR) is 120 cm³/mol. The number of anilines is 1. The normalized spacial score (nSPS) is 14.9. The van der Waals surface area contributed by atoms with Crippen LogP contribution in [0, 0.1) is 0 Å². The molecule has 3 aromatic rings. The van der Waals surface area contributed by atoms with E-state index < -0.39 is 11.9 Å². The molecule has 0 saturated carbocycles. The van der Waals surface area contributed by atoms with Crippen LogP contribution >= 0.6 is 27.5 Å². The lowest BCUT2D eigenvalue weighted by Gasteiger charge is -2.12. The third-order valence-electron chi connectivity index (χ3n) is 4.47. The molecular formula is C23H16BrClN2O3. The summed E-state index contributed by atoms with van der Waals surface area (Å²) < 4.78 is 6.78. The number of carbonyl (C=O) groups excluding carboxylic acids is 2. The summed E-state index contributed by atoms with van der Waals surface area (Å²) in [6.45, 7) is 0.385. The van der Waals surface area contributed by atoms with E-state index in [0.717, 1.165) is 14.9 Å². The van der Waals surface area contributed by atoms with Crippen LogP contribution in [0.25, 0.3) is 6.08 Å². The van der Waals surface area contributed by atoms with Crippen LogP contribution in [0.2, 0.25) is 5.02 Å². The van der Waals surface area contributed by atoms with E-state index in [-0.39, 0.29) is 5.70 Å². The Hall–Kier alpha value is -3.09. The average molecular weight is 484 g/mol. The summed E-state index contributed by atoms with van der Waals surface area (Å²) >= 11 is 9.34. The highest BCUT2D eigenvalue weighted by atomic mass is 79.9. The van der Waals surface area contributed by atoms with Crippen molar-refractivity contribution in [1.82, 2.24) is 5.32 Å². The molecular weight excluding hydrogens is 468 g/mol. The minimum Gasteiger partial charge on any atom is -0.488 e. The van der Waals surface area contributed by atoms with Crippen molar-refractivity contribution in [2.24, 2.45) is 0 Å². The first kappa shape index (κ1) is 20.2. The summed E-state index contributed by atoms with van der Waals surface area (Å²) in [5, 5.41) is 3.15. The molecule has 30 heavy (non-hydrogen) atoms. The lowest BCUT2D eigenvalue weighted by atomic mass is 10.1. The number of carbonyl (C=O) groups is 2. The fraction of sp³-hybridized carbons (Fsp3) is 0.0435. The van der Waals surface area contributed by atoms with E-state index in [1.54, 1.807) is 30.3 Å². The second-order valence-corrected chi connectivity index (χ2v) is 7.91. The van der Waals surface area contributed by atoms with E-state index in [1.165, 1.54) is 0 Å². The van der Waals surface area contributed by atoms with E-state index in [9.17, 15) is 9.59 Å². The van der Waals surface area contributed by atoms with Gasteiger partial charge in [0.05, 0.1) is 5.69 Å². The average Bonchev–Trinajstić information content (AvgIpc) is 3.02. The van der Waals surface area contributed by atoms with Gasteiger partial charge in [-0.1, -0.05) is 57.9 Å². The predicted octanol–water partition coefficient (Wildman–Crippen LogP) is 5.78. The molecule has 1 aliphatic rings. The smallest absolute Gasteiger partial charge is 0.333 e. The highest BCUT2D eigenvalue weighted by Gasteiger charge is 2.35. The van der Waals surface area contributed by atoms with Gasteiger partial charge in [-0.2, -0.15) is 0 Å². The number of hydrogen-bond acceptors (Lipinski definition) is 3. The number of halogens is 2. The molecule has 4 rings (SSSR count). The highest BCUT2D eigenvalue weighted by Crippen LogP contribution is 2.29. The maximum absolute atomic E-state index is 12.9. The minimum absolute atomic E-state index is 0.164. The third kappa shape index (κ3) is 4.40. The van der Waals surface area contributed by atoms with E-state index >= 15 is 0 Å². The van der Waals surface area contributed by atoms with Gasteiger partial charge in [0, 0.05) is 15.1 Å². The van der Waals surface area contributed by atoms with Gasteiger partial charge in [-0.3, -0.25) is 4.79 Å². The van der Waals surface area contributed by atoms with E-state index in [2.05, 4.69) is 21.2 Å². The minimum atomic E-state index is -0.518. The van der Waals surface area contributed by atoms with E-state index in [0.29, 0.717) is 28.6 Å². The quantitative estimate of drug-likeness (QED) is 0.370. The van der Waals surface area contributed by atoms with Crippen molar-refractivity contribution in [3.63, 3.8) is 0 Å². The largest absolute Gasteiger partial charge is 0.488 e. The van der Waals surface area contributed by atoms with Crippen molar-refractivity contribution in [3.8, 4) is 5.75 Å². The van der Waals surface area contributed by atoms with Gasteiger partial charge < -0.3 is 10.1 Å². The van der Waals surface area contributed by atoms with Crippen LogP contribution in [0.1, 0.15) is 11.1 Å². The van der Waals surface area contributed by atoms with Crippen LogP contribution in [0.5, 0.6) is 5.75 Å². The second kappa shape index (κ2) is 8.73. The van der Waals surface area contributed by atoms with Gasteiger partial charge >= 0.3 is 6.03 Å². The monoisotopic (exact) mass is 482 g/mol. The molecule has 0 spiro atoms. The maximum Gasteiger partial charge on any atom is 0.333 e. The molecule has 0 aliphatic carbocycles. The Labute approximate surface area is 187 Å². The molecule has 0 unspecified atom stereocenters. The molecule has 3 aromatic carbocycles. The number of benzene rings is 3. The van der Waals surface area contributed by atoms with Crippen molar-refractivity contribution in [3.05, 3.63) is 99.1 Å².